The molecule has 0 aromatic heterocycles. The van der Waals surface area contributed by atoms with Crippen LogP contribution in [-0.2, 0) is 4.79 Å². The molecule has 2 nitrogen and oxygen atoms in total. The number of hydrogen-bond acceptors (Lipinski definition) is 1. The van der Waals surface area contributed by atoms with E-state index in [4.69, 9.17) is 0 Å². The van der Waals surface area contributed by atoms with Crippen LogP contribution in [-0.4, -0.2) is 24.4 Å². The zero-order valence-corrected chi connectivity index (χ0v) is 9.87. The van der Waals surface area contributed by atoms with Crippen molar-refractivity contribution in [2.75, 3.05) is 13.6 Å². The normalized spacial score (nSPS) is 21.9. The lowest BCUT2D eigenvalue weighted by molar-refractivity contribution is -0.130. The average molecular weight is 209 g/mol. The molecule has 2 saturated carbocycles. The second-order valence-corrected chi connectivity index (χ2v) is 5.41. The fourth-order valence-corrected chi connectivity index (χ4v) is 2.61. The van der Waals surface area contributed by atoms with Crippen molar-refractivity contribution in [1.82, 2.24) is 4.90 Å². The van der Waals surface area contributed by atoms with Crippen LogP contribution in [0.2, 0.25) is 0 Å². The molecule has 0 bridgehead atoms. The van der Waals surface area contributed by atoms with E-state index in [1.807, 2.05) is 11.9 Å². The molecule has 0 aromatic carbocycles. The van der Waals surface area contributed by atoms with Gasteiger partial charge < -0.3 is 4.90 Å². The summed E-state index contributed by atoms with van der Waals surface area (Å²) in [4.78, 5) is 13.7. The molecule has 0 radical (unpaired) electrons. The van der Waals surface area contributed by atoms with E-state index in [1.54, 1.807) is 0 Å². The Labute approximate surface area is 93.0 Å². The van der Waals surface area contributed by atoms with E-state index in [-0.39, 0.29) is 0 Å². The minimum absolute atomic E-state index is 0.369. The molecular weight excluding hydrogens is 186 g/mol. The maximum absolute atomic E-state index is 11.8. The van der Waals surface area contributed by atoms with Crippen LogP contribution in [0.4, 0.5) is 0 Å². The Morgan fingerprint density at radius 1 is 1.13 bits per heavy atom. The highest BCUT2D eigenvalue weighted by Gasteiger charge is 2.25. The molecule has 86 valence electrons. The fraction of sp³-hybridized carbons (Fsp3) is 0.923. The van der Waals surface area contributed by atoms with Gasteiger partial charge in [0.1, 0.15) is 0 Å². The fourth-order valence-electron chi connectivity index (χ4n) is 2.61. The molecule has 0 aliphatic heterocycles. The Balaban J connectivity index is 1.61. The summed E-state index contributed by atoms with van der Waals surface area (Å²) in [7, 11) is 1.97. The largest absolute Gasteiger partial charge is 0.345 e. The standard InChI is InChI=1S/C13H23NO/c1-14(10-12-6-7-12)13(15)9-8-11-4-2-3-5-11/h11-12H,2-10H2,1H3. The Morgan fingerprint density at radius 2 is 1.80 bits per heavy atom. The lowest BCUT2D eigenvalue weighted by Gasteiger charge is -2.17. The number of carbonyl (C=O) groups is 1. The van der Waals surface area contributed by atoms with Crippen LogP contribution in [0.1, 0.15) is 51.4 Å². The maximum atomic E-state index is 11.8. The van der Waals surface area contributed by atoms with Gasteiger partial charge in [-0.15, -0.1) is 0 Å². The Bertz CT molecular complexity index is 217. The first kappa shape index (κ1) is 11.0. The van der Waals surface area contributed by atoms with Gasteiger partial charge in [-0.2, -0.15) is 0 Å². The lowest BCUT2D eigenvalue weighted by Crippen LogP contribution is -2.28. The van der Waals surface area contributed by atoms with Gasteiger partial charge in [0.25, 0.3) is 0 Å². The van der Waals surface area contributed by atoms with Crippen molar-refractivity contribution < 1.29 is 4.79 Å². The zero-order valence-electron chi connectivity index (χ0n) is 9.87. The lowest BCUT2D eigenvalue weighted by atomic mass is 10.0. The molecule has 0 N–H and O–H groups in total. The molecule has 0 atom stereocenters. The molecule has 2 heteroatoms. The van der Waals surface area contributed by atoms with Gasteiger partial charge in [0.05, 0.1) is 0 Å². The average Bonchev–Trinajstić information content (AvgIpc) is 2.88. The summed E-state index contributed by atoms with van der Waals surface area (Å²) in [6.45, 7) is 1.00. The summed E-state index contributed by atoms with van der Waals surface area (Å²) in [5.41, 5.74) is 0. The molecule has 0 heterocycles. The minimum atomic E-state index is 0.369. The van der Waals surface area contributed by atoms with Crippen LogP contribution in [0.5, 0.6) is 0 Å². The molecule has 0 unspecified atom stereocenters. The number of carbonyl (C=O) groups excluding carboxylic acids is 1. The second kappa shape index (κ2) is 5.00. The van der Waals surface area contributed by atoms with Gasteiger partial charge in [-0.3, -0.25) is 4.79 Å². The highest BCUT2D eigenvalue weighted by molar-refractivity contribution is 5.75. The smallest absolute Gasteiger partial charge is 0.222 e. The van der Waals surface area contributed by atoms with E-state index in [0.29, 0.717) is 5.91 Å². The molecule has 0 aromatic rings. The van der Waals surface area contributed by atoms with E-state index in [9.17, 15) is 4.79 Å². The topological polar surface area (TPSA) is 20.3 Å². The third-order valence-electron chi connectivity index (χ3n) is 3.90. The van der Waals surface area contributed by atoms with Crippen molar-refractivity contribution in [1.29, 1.82) is 0 Å². The molecule has 15 heavy (non-hydrogen) atoms. The van der Waals surface area contributed by atoms with Crippen LogP contribution < -0.4 is 0 Å². The quantitative estimate of drug-likeness (QED) is 0.682. The summed E-state index contributed by atoms with van der Waals surface area (Å²) >= 11 is 0. The summed E-state index contributed by atoms with van der Waals surface area (Å²) < 4.78 is 0. The van der Waals surface area contributed by atoms with Gasteiger partial charge in [-0.25, -0.2) is 0 Å². The third kappa shape index (κ3) is 3.51. The number of amides is 1. The van der Waals surface area contributed by atoms with E-state index in [0.717, 1.165) is 31.2 Å². The van der Waals surface area contributed by atoms with Crippen molar-refractivity contribution in [2.24, 2.45) is 11.8 Å². The van der Waals surface area contributed by atoms with Crippen LogP contribution in [0.3, 0.4) is 0 Å². The summed E-state index contributed by atoms with van der Waals surface area (Å²) in [6.07, 6.45) is 10.1. The minimum Gasteiger partial charge on any atom is -0.345 e. The zero-order chi connectivity index (χ0) is 10.7. The van der Waals surface area contributed by atoms with Crippen molar-refractivity contribution in [3.8, 4) is 0 Å². The molecular formula is C13H23NO. The van der Waals surface area contributed by atoms with E-state index >= 15 is 0 Å². The highest BCUT2D eigenvalue weighted by Crippen LogP contribution is 2.30. The van der Waals surface area contributed by atoms with Gasteiger partial charge in [0.15, 0.2) is 0 Å². The van der Waals surface area contributed by atoms with Gasteiger partial charge >= 0.3 is 0 Å². The Hall–Kier alpha value is -0.530. The van der Waals surface area contributed by atoms with Gasteiger partial charge in [-0.05, 0) is 31.1 Å². The molecule has 2 aliphatic rings. The van der Waals surface area contributed by atoms with Crippen molar-refractivity contribution in [3.05, 3.63) is 0 Å². The van der Waals surface area contributed by atoms with Crippen LogP contribution in [0.15, 0.2) is 0 Å². The molecule has 1 amide bonds. The van der Waals surface area contributed by atoms with Crippen molar-refractivity contribution in [2.45, 2.75) is 51.4 Å². The molecule has 0 spiro atoms. The van der Waals surface area contributed by atoms with Crippen LogP contribution >= 0.6 is 0 Å². The second-order valence-electron chi connectivity index (χ2n) is 5.41. The summed E-state index contributed by atoms with van der Waals surface area (Å²) in [5.74, 6) is 2.04. The molecule has 2 aliphatic carbocycles. The number of hydrogen-bond donors (Lipinski definition) is 0. The summed E-state index contributed by atoms with van der Waals surface area (Å²) in [5, 5.41) is 0. The van der Waals surface area contributed by atoms with Crippen molar-refractivity contribution in [3.63, 3.8) is 0 Å². The monoisotopic (exact) mass is 209 g/mol. The number of rotatable bonds is 5. The van der Waals surface area contributed by atoms with Gasteiger partial charge in [0.2, 0.25) is 5.91 Å². The summed E-state index contributed by atoms with van der Waals surface area (Å²) in [6, 6.07) is 0. The Morgan fingerprint density at radius 3 is 2.40 bits per heavy atom. The maximum Gasteiger partial charge on any atom is 0.222 e. The predicted octanol–water partition coefficient (Wildman–Crippen LogP) is 2.83. The molecule has 2 fully saturated rings. The highest BCUT2D eigenvalue weighted by atomic mass is 16.2. The van der Waals surface area contributed by atoms with Gasteiger partial charge in [-0.1, -0.05) is 25.7 Å². The van der Waals surface area contributed by atoms with Crippen LogP contribution in [0.25, 0.3) is 0 Å². The first-order valence-corrected chi connectivity index (χ1v) is 6.49. The first-order valence-electron chi connectivity index (χ1n) is 6.49. The van der Waals surface area contributed by atoms with E-state index < -0.39 is 0 Å². The van der Waals surface area contributed by atoms with Gasteiger partial charge in [0, 0.05) is 20.0 Å². The third-order valence-corrected chi connectivity index (χ3v) is 3.90. The molecule has 0 saturated heterocycles. The predicted molar refractivity (Wildman–Crippen MR) is 61.6 cm³/mol. The van der Waals surface area contributed by atoms with E-state index in [2.05, 4.69) is 0 Å². The molecule has 2 rings (SSSR count). The van der Waals surface area contributed by atoms with Crippen molar-refractivity contribution >= 4 is 5.91 Å². The number of nitrogens with zero attached hydrogens (tertiary/aromatic N) is 1. The van der Waals surface area contributed by atoms with Crippen LogP contribution in [0, 0.1) is 11.8 Å². The van der Waals surface area contributed by atoms with E-state index in [1.165, 1.54) is 38.5 Å². The SMILES string of the molecule is CN(CC1CC1)C(=O)CCC1CCCC1. The first-order chi connectivity index (χ1) is 7.25. The Kier molecular flexibility index (Phi) is 3.66.